The highest BCUT2D eigenvalue weighted by molar-refractivity contribution is 5.94. The number of likely N-dealkylation sites (tertiary alicyclic amines) is 1. The van der Waals surface area contributed by atoms with Gasteiger partial charge in [-0.15, -0.1) is 0 Å². The van der Waals surface area contributed by atoms with E-state index in [2.05, 4.69) is 25.3 Å². The Hall–Kier alpha value is -2.84. The largest absolute Gasteiger partial charge is 0.395 e. The predicted molar refractivity (Wildman–Crippen MR) is 107 cm³/mol. The van der Waals surface area contributed by atoms with Gasteiger partial charge in [-0.3, -0.25) is 14.5 Å². The number of carbonyl (C=O) groups excluding carboxylic acids is 1. The first-order chi connectivity index (χ1) is 13.6. The van der Waals surface area contributed by atoms with Gasteiger partial charge in [0, 0.05) is 48.4 Å². The molecule has 0 bridgehead atoms. The fraction of sp³-hybridized carbons (Fsp3) is 0.400. The lowest BCUT2D eigenvalue weighted by atomic mass is 9.96. The van der Waals surface area contributed by atoms with Crippen LogP contribution in [0.4, 0.5) is 5.82 Å². The van der Waals surface area contributed by atoms with Crippen LogP contribution in [0.2, 0.25) is 0 Å². The molecule has 0 unspecified atom stereocenters. The van der Waals surface area contributed by atoms with Crippen molar-refractivity contribution in [3.8, 4) is 11.1 Å². The second-order valence-electron chi connectivity index (χ2n) is 7.22. The van der Waals surface area contributed by atoms with Gasteiger partial charge < -0.3 is 15.3 Å². The van der Waals surface area contributed by atoms with Crippen LogP contribution in [0.25, 0.3) is 22.0 Å². The maximum atomic E-state index is 12.6. The maximum Gasteiger partial charge on any atom is 0.228 e. The average molecular weight is 380 g/mol. The molecule has 8 nitrogen and oxygen atoms in total. The van der Waals surface area contributed by atoms with Crippen LogP contribution < -0.4 is 5.32 Å². The number of anilines is 1. The number of fused-ring (bicyclic) bond motifs is 1. The predicted octanol–water partition coefficient (Wildman–Crippen LogP) is 1.67. The zero-order valence-corrected chi connectivity index (χ0v) is 15.9. The SMILES string of the molecule is Cn1cc(-c2cnc3cnc(NC(=O)C4CCN(CCO)CC4)cc3c2)cn1. The number of nitrogens with one attached hydrogen (secondary N) is 1. The van der Waals surface area contributed by atoms with Gasteiger partial charge in [-0.05, 0) is 38.1 Å². The molecule has 4 heterocycles. The van der Waals surface area contributed by atoms with Crippen LogP contribution in [0.5, 0.6) is 0 Å². The Balaban J connectivity index is 1.47. The number of aliphatic hydroxyl groups excluding tert-OH is 1. The van der Waals surface area contributed by atoms with Gasteiger partial charge in [-0.1, -0.05) is 0 Å². The second kappa shape index (κ2) is 8.04. The fourth-order valence-corrected chi connectivity index (χ4v) is 3.62. The summed E-state index contributed by atoms with van der Waals surface area (Å²) in [5, 5.41) is 17.1. The van der Waals surface area contributed by atoms with E-state index in [1.54, 1.807) is 23.3 Å². The molecule has 2 N–H and O–H groups in total. The number of rotatable bonds is 5. The normalized spacial score (nSPS) is 15.8. The second-order valence-corrected chi connectivity index (χ2v) is 7.22. The van der Waals surface area contributed by atoms with E-state index in [1.807, 2.05) is 25.4 Å². The number of pyridine rings is 2. The van der Waals surface area contributed by atoms with Gasteiger partial charge in [0.15, 0.2) is 0 Å². The van der Waals surface area contributed by atoms with Crippen molar-refractivity contribution >= 4 is 22.6 Å². The molecular weight excluding hydrogens is 356 g/mol. The van der Waals surface area contributed by atoms with Crippen LogP contribution in [0, 0.1) is 5.92 Å². The van der Waals surface area contributed by atoms with E-state index >= 15 is 0 Å². The van der Waals surface area contributed by atoms with Crippen LogP contribution in [0.15, 0.2) is 36.9 Å². The van der Waals surface area contributed by atoms with Crippen molar-refractivity contribution in [1.82, 2.24) is 24.6 Å². The number of nitrogens with zero attached hydrogens (tertiary/aromatic N) is 5. The molecule has 146 valence electrons. The molecule has 1 saturated heterocycles. The summed E-state index contributed by atoms with van der Waals surface area (Å²) >= 11 is 0. The summed E-state index contributed by atoms with van der Waals surface area (Å²) in [7, 11) is 1.88. The third-order valence-electron chi connectivity index (χ3n) is 5.23. The van der Waals surface area contributed by atoms with E-state index in [-0.39, 0.29) is 18.4 Å². The molecular formula is C20H24N6O2. The number of aromatic nitrogens is 4. The first kappa shape index (κ1) is 18.5. The molecule has 3 aromatic heterocycles. The minimum Gasteiger partial charge on any atom is -0.395 e. The summed E-state index contributed by atoms with van der Waals surface area (Å²) in [5.41, 5.74) is 2.75. The van der Waals surface area contributed by atoms with Gasteiger partial charge in [-0.25, -0.2) is 4.98 Å². The first-order valence-corrected chi connectivity index (χ1v) is 9.51. The Labute approximate surface area is 163 Å². The van der Waals surface area contributed by atoms with Crippen LogP contribution >= 0.6 is 0 Å². The van der Waals surface area contributed by atoms with Crippen molar-refractivity contribution in [2.24, 2.45) is 13.0 Å². The number of hydrogen-bond donors (Lipinski definition) is 2. The number of carbonyl (C=O) groups is 1. The molecule has 1 aliphatic heterocycles. The maximum absolute atomic E-state index is 12.6. The molecule has 0 aliphatic carbocycles. The smallest absolute Gasteiger partial charge is 0.228 e. The summed E-state index contributed by atoms with van der Waals surface area (Å²) in [6.45, 7) is 2.50. The van der Waals surface area contributed by atoms with Gasteiger partial charge in [0.05, 0.1) is 24.5 Å². The highest BCUT2D eigenvalue weighted by Gasteiger charge is 2.25. The van der Waals surface area contributed by atoms with Crippen molar-refractivity contribution in [1.29, 1.82) is 0 Å². The summed E-state index contributed by atoms with van der Waals surface area (Å²) < 4.78 is 1.75. The quantitative estimate of drug-likeness (QED) is 0.699. The molecule has 28 heavy (non-hydrogen) atoms. The molecule has 0 spiro atoms. The van der Waals surface area contributed by atoms with Crippen LogP contribution in [-0.2, 0) is 11.8 Å². The number of amides is 1. The van der Waals surface area contributed by atoms with E-state index in [0.717, 1.165) is 48.0 Å². The van der Waals surface area contributed by atoms with Crippen molar-refractivity contribution < 1.29 is 9.90 Å². The Bertz CT molecular complexity index is 978. The number of aryl methyl sites for hydroxylation is 1. The lowest BCUT2D eigenvalue weighted by molar-refractivity contribution is -0.121. The van der Waals surface area contributed by atoms with Crippen LogP contribution in [-0.4, -0.2) is 61.9 Å². The molecule has 0 saturated carbocycles. The number of β-amino-alcohol motifs (C(OH)–C–C–N with tert-alkyl or cyclic N) is 1. The molecule has 3 aromatic rings. The summed E-state index contributed by atoms with van der Waals surface area (Å²) in [5.74, 6) is 0.527. The molecule has 4 rings (SSSR count). The van der Waals surface area contributed by atoms with E-state index < -0.39 is 0 Å². The standard InChI is InChI=1S/C20H24N6O2/c1-25-13-17(11-23-25)16-8-15-9-19(22-12-18(15)21-10-16)24-20(28)14-2-4-26(5-3-14)6-7-27/h8-14,27H,2-7H2,1H3,(H,22,24,28). The van der Waals surface area contributed by atoms with Crippen molar-refractivity contribution in [2.45, 2.75) is 12.8 Å². The molecule has 0 radical (unpaired) electrons. The molecule has 0 atom stereocenters. The highest BCUT2D eigenvalue weighted by atomic mass is 16.3. The molecule has 1 amide bonds. The topological polar surface area (TPSA) is 96.2 Å². The lowest BCUT2D eigenvalue weighted by Crippen LogP contribution is -2.39. The molecule has 0 aromatic carbocycles. The molecule has 1 fully saturated rings. The Kier molecular flexibility index (Phi) is 5.31. The summed E-state index contributed by atoms with van der Waals surface area (Å²) in [4.78, 5) is 23.6. The fourth-order valence-electron chi connectivity index (χ4n) is 3.62. The van der Waals surface area contributed by atoms with Gasteiger partial charge in [0.2, 0.25) is 5.91 Å². The zero-order valence-electron chi connectivity index (χ0n) is 15.9. The zero-order chi connectivity index (χ0) is 19.5. The van der Waals surface area contributed by atoms with Gasteiger partial charge in [-0.2, -0.15) is 5.10 Å². The van der Waals surface area contributed by atoms with Crippen molar-refractivity contribution in [3.05, 3.63) is 36.9 Å². The third kappa shape index (κ3) is 4.02. The Morgan fingerprint density at radius 1 is 1.18 bits per heavy atom. The van der Waals surface area contributed by atoms with Crippen LogP contribution in [0.1, 0.15) is 12.8 Å². The van der Waals surface area contributed by atoms with Crippen LogP contribution in [0.3, 0.4) is 0 Å². The van der Waals surface area contributed by atoms with E-state index in [9.17, 15) is 4.79 Å². The molecule has 8 heteroatoms. The summed E-state index contributed by atoms with van der Waals surface area (Å²) in [6, 6.07) is 3.89. The minimum absolute atomic E-state index is 0.00636. The number of aliphatic hydroxyl groups is 1. The summed E-state index contributed by atoms with van der Waals surface area (Å²) in [6.07, 6.45) is 8.82. The van der Waals surface area contributed by atoms with Crippen molar-refractivity contribution in [3.63, 3.8) is 0 Å². The first-order valence-electron chi connectivity index (χ1n) is 9.51. The Morgan fingerprint density at radius 3 is 2.71 bits per heavy atom. The van der Waals surface area contributed by atoms with Crippen molar-refractivity contribution in [2.75, 3.05) is 31.6 Å². The minimum atomic E-state index is -0.0210. The Morgan fingerprint density at radius 2 is 2.00 bits per heavy atom. The number of hydrogen-bond acceptors (Lipinski definition) is 6. The van der Waals surface area contributed by atoms with Gasteiger partial charge in [0.25, 0.3) is 0 Å². The van der Waals surface area contributed by atoms with E-state index in [4.69, 9.17) is 5.11 Å². The monoisotopic (exact) mass is 380 g/mol. The number of piperidine rings is 1. The molecule has 1 aliphatic rings. The highest BCUT2D eigenvalue weighted by Crippen LogP contribution is 2.24. The third-order valence-corrected chi connectivity index (χ3v) is 5.23. The van der Waals surface area contributed by atoms with Gasteiger partial charge >= 0.3 is 0 Å². The van der Waals surface area contributed by atoms with E-state index in [0.29, 0.717) is 12.4 Å². The van der Waals surface area contributed by atoms with Gasteiger partial charge in [0.1, 0.15) is 5.82 Å². The lowest BCUT2D eigenvalue weighted by Gasteiger charge is -2.30. The van der Waals surface area contributed by atoms with E-state index in [1.165, 1.54) is 0 Å². The average Bonchev–Trinajstić information content (AvgIpc) is 3.14.